The zero-order chi connectivity index (χ0) is 14.6. The van der Waals surface area contributed by atoms with Gasteiger partial charge < -0.3 is 10.0 Å². The van der Waals surface area contributed by atoms with Crippen LogP contribution < -0.4 is 4.90 Å². The number of nitro groups is 1. The number of rotatable bonds is 6. The highest BCUT2D eigenvalue weighted by Crippen LogP contribution is 2.32. The average Bonchev–Trinajstić information content (AvgIpc) is 2.30. The number of nitrogens with zero attached hydrogens (tertiary/aromatic N) is 2. The minimum Gasteiger partial charge on any atom is -0.481 e. The smallest absolute Gasteiger partial charge is 0.305 e. The number of benzene rings is 1. The Bertz CT molecular complexity index is 493. The highest BCUT2D eigenvalue weighted by Gasteiger charge is 2.23. The Morgan fingerprint density at radius 1 is 1.58 bits per heavy atom. The van der Waals surface area contributed by atoms with Crippen molar-refractivity contribution in [2.45, 2.75) is 26.3 Å². The molecule has 1 unspecified atom stereocenters. The monoisotopic (exact) mass is 286 g/mol. The van der Waals surface area contributed by atoms with E-state index in [-0.39, 0.29) is 23.2 Å². The van der Waals surface area contributed by atoms with Gasteiger partial charge in [-0.05, 0) is 26.0 Å². The lowest BCUT2D eigenvalue weighted by atomic mass is 10.1. The third-order valence-electron chi connectivity index (χ3n) is 2.79. The average molecular weight is 287 g/mol. The van der Waals surface area contributed by atoms with Gasteiger partial charge in [0.05, 0.1) is 11.3 Å². The molecule has 0 heterocycles. The number of aliphatic carboxylic acids is 1. The highest BCUT2D eigenvalue weighted by molar-refractivity contribution is 6.30. The van der Waals surface area contributed by atoms with Crippen molar-refractivity contribution in [3.63, 3.8) is 0 Å². The Hall–Kier alpha value is -1.82. The molecular weight excluding hydrogens is 272 g/mol. The largest absolute Gasteiger partial charge is 0.481 e. The maximum Gasteiger partial charge on any atom is 0.305 e. The van der Waals surface area contributed by atoms with Gasteiger partial charge in [0.15, 0.2) is 0 Å². The highest BCUT2D eigenvalue weighted by atomic mass is 35.5. The van der Waals surface area contributed by atoms with E-state index in [0.29, 0.717) is 12.2 Å². The molecule has 1 atom stereocenters. The van der Waals surface area contributed by atoms with Gasteiger partial charge in [0.1, 0.15) is 5.69 Å². The van der Waals surface area contributed by atoms with Crippen LogP contribution in [0.5, 0.6) is 0 Å². The Labute approximate surface area is 115 Å². The summed E-state index contributed by atoms with van der Waals surface area (Å²) in [5, 5.41) is 20.1. The van der Waals surface area contributed by atoms with Crippen LogP contribution in [0.4, 0.5) is 11.4 Å². The molecule has 0 spiro atoms. The minimum atomic E-state index is -0.942. The molecule has 0 aliphatic rings. The van der Waals surface area contributed by atoms with E-state index >= 15 is 0 Å². The van der Waals surface area contributed by atoms with Crippen LogP contribution in [0.2, 0.25) is 5.02 Å². The summed E-state index contributed by atoms with van der Waals surface area (Å²) in [5.74, 6) is -0.942. The molecule has 0 amide bonds. The summed E-state index contributed by atoms with van der Waals surface area (Å²) in [4.78, 5) is 23.0. The van der Waals surface area contributed by atoms with E-state index in [0.717, 1.165) is 0 Å². The number of carboxylic acid groups (broad SMARTS) is 1. The molecule has 104 valence electrons. The number of halogens is 1. The van der Waals surface area contributed by atoms with Crippen molar-refractivity contribution in [2.24, 2.45) is 0 Å². The summed E-state index contributed by atoms with van der Waals surface area (Å²) < 4.78 is 0. The van der Waals surface area contributed by atoms with Crippen molar-refractivity contribution in [3.8, 4) is 0 Å². The van der Waals surface area contributed by atoms with Gasteiger partial charge in [-0.3, -0.25) is 14.9 Å². The van der Waals surface area contributed by atoms with Crippen LogP contribution in [0.15, 0.2) is 18.2 Å². The zero-order valence-corrected chi connectivity index (χ0v) is 11.4. The fraction of sp³-hybridized carbons (Fsp3) is 0.417. The first-order chi connectivity index (χ1) is 8.86. The van der Waals surface area contributed by atoms with Crippen LogP contribution in [0.3, 0.4) is 0 Å². The van der Waals surface area contributed by atoms with Crippen molar-refractivity contribution >= 4 is 28.9 Å². The van der Waals surface area contributed by atoms with Gasteiger partial charge in [-0.15, -0.1) is 0 Å². The van der Waals surface area contributed by atoms with E-state index in [2.05, 4.69) is 0 Å². The van der Waals surface area contributed by atoms with E-state index in [9.17, 15) is 14.9 Å². The van der Waals surface area contributed by atoms with Crippen LogP contribution in [0.25, 0.3) is 0 Å². The Kier molecular flexibility index (Phi) is 5.11. The summed E-state index contributed by atoms with van der Waals surface area (Å²) in [6, 6.07) is 4.03. The molecular formula is C12H15ClN2O4. The van der Waals surface area contributed by atoms with Crippen LogP contribution in [-0.4, -0.2) is 28.6 Å². The first-order valence-electron chi connectivity index (χ1n) is 5.79. The van der Waals surface area contributed by atoms with E-state index in [1.54, 1.807) is 24.0 Å². The SMILES string of the molecule is CCN(c1ccc(Cl)cc1[N+](=O)[O-])C(C)CC(=O)O. The van der Waals surface area contributed by atoms with E-state index in [1.165, 1.54) is 6.07 Å². The molecule has 6 nitrogen and oxygen atoms in total. The first-order valence-corrected chi connectivity index (χ1v) is 6.17. The summed E-state index contributed by atoms with van der Waals surface area (Å²) >= 11 is 5.76. The molecule has 0 bridgehead atoms. The molecule has 0 aliphatic carbocycles. The second-order valence-corrected chi connectivity index (χ2v) is 4.56. The fourth-order valence-electron chi connectivity index (χ4n) is 1.97. The third kappa shape index (κ3) is 3.82. The lowest BCUT2D eigenvalue weighted by Crippen LogP contribution is -2.35. The molecule has 1 rings (SSSR count). The number of hydrogen-bond donors (Lipinski definition) is 1. The van der Waals surface area contributed by atoms with Gasteiger partial charge in [0.2, 0.25) is 0 Å². The second kappa shape index (κ2) is 6.38. The Balaban J connectivity index is 3.17. The molecule has 0 aliphatic heterocycles. The molecule has 7 heteroatoms. The van der Waals surface area contributed by atoms with Gasteiger partial charge in [-0.2, -0.15) is 0 Å². The van der Waals surface area contributed by atoms with E-state index in [4.69, 9.17) is 16.7 Å². The number of nitro benzene ring substituents is 1. The summed E-state index contributed by atoms with van der Waals surface area (Å²) in [5.41, 5.74) is 0.261. The predicted octanol–water partition coefficient (Wildman–Crippen LogP) is 2.94. The fourth-order valence-corrected chi connectivity index (χ4v) is 2.13. The first kappa shape index (κ1) is 15.2. The van der Waals surface area contributed by atoms with Crippen molar-refractivity contribution in [2.75, 3.05) is 11.4 Å². The van der Waals surface area contributed by atoms with E-state index < -0.39 is 10.9 Å². The molecule has 0 saturated carbocycles. The number of carbonyl (C=O) groups is 1. The minimum absolute atomic E-state index is 0.0897. The van der Waals surface area contributed by atoms with Crippen LogP contribution in [0.1, 0.15) is 20.3 Å². The van der Waals surface area contributed by atoms with Crippen LogP contribution in [-0.2, 0) is 4.79 Å². The van der Waals surface area contributed by atoms with Crippen LogP contribution in [0, 0.1) is 10.1 Å². The Morgan fingerprint density at radius 3 is 2.68 bits per heavy atom. The number of anilines is 1. The quantitative estimate of drug-likeness (QED) is 0.642. The normalized spacial score (nSPS) is 11.9. The maximum absolute atomic E-state index is 11.0. The second-order valence-electron chi connectivity index (χ2n) is 4.12. The summed E-state index contributed by atoms with van der Waals surface area (Å²) in [6.07, 6.45) is -0.0897. The molecule has 1 N–H and O–H groups in total. The predicted molar refractivity (Wildman–Crippen MR) is 72.8 cm³/mol. The lowest BCUT2D eigenvalue weighted by molar-refractivity contribution is -0.384. The standard InChI is InChI=1S/C12H15ClN2O4/c1-3-14(8(2)6-12(16)17)10-5-4-9(13)7-11(10)15(18)19/h4-5,7-8H,3,6H2,1-2H3,(H,16,17). The van der Waals surface area contributed by atoms with E-state index in [1.807, 2.05) is 6.92 Å². The Morgan fingerprint density at radius 2 is 2.21 bits per heavy atom. The topological polar surface area (TPSA) is 83.7 Å². The lowest BCUT2D eigenvalue weighted by Gasteiger charge is -2.28. The molecule has 1 aromatic carbocycles. The molecule has 0 fully saturated rings. The van der Waals surface area contributed by atoms with Crippen molar-refractivity contribution in [3.05, 3.63) is 33.3 Å². The van der Waals surface area contributed by atoms with Crippen molar-refractivity contribution in [1.82, 2.24) is 0 Å². The number of carboxylic acids is 1. The molecule has 1 aromatic rings. The van der Waals surface area contributed by atoms with Gasteiger partial charge in [-0.25, -0.2) is 0 Å². The van der Waals surface area contributed by atoms with Crippen molar-refractivity contribution in [1.29, 1.82) is 0 Å². The van der Waals surface area contributed by atoms with Gasteiger partial charge in [-0.1, -0.05) is 11.6 Å². The van der Waals surface area contributed by atoms with Gasteiger partial charge >= 0.3 is 5.97 Å². The summed E-state index contributed by atoms with van der Waals surface area (Å²) in [7, 11) is 0. The molecule has 0 radical (unpaired) electrons. The molecule has 0 aromatic heterocycles. The van der Waals surface area contributed by atoms with Gasteiger partial charge in [0.25, 0.3) is 5.69 Å². The summed E-state index contributed by atoms with van der Waals surface area (Å²) in [6.45, 7) is 4.00. The molecule has 0 saturated heterocycles. The molecule has 19 heavy (non-hydrogen) atoms. The van der Waals surface area contributed by atoms with Crippen molar-refractivity contribution < 1.29 is 14.8 Å². The zero-order valence-electron chi connectivity index (χ0n) is 10.7. The van der Waals surface area contributed by atoms with Crippen LogP contribution >= 0.6 is 11.6 Å². The maximum atomic E-state index is 11.0. The third-order valence-corrected chi connectivity index (χ3v) is 3.02. The van der Waals surface area contributed by atoms with Gasteiger partial charge in [0, 0.05) is 23.7 Å². The number of hydrogen-bond acceptors (Lipinski definition) is 4.